The Bertz CT molecular complexity index is 567. The molecule has 1 saturated heterocycles. The summed E-state index contributed by atoms with van der Waals surface area (Å²) in [7, 11) is 0. The zero-order valence-electron chi connectivity index (χ0n) is 11.1. The van der Waals surface area contributed by atoms with Gasteiger partial charge in [0.15, 0.2) is 5.76 Å². The third kappa shape index (κ3) is 3.41. The summed E-state index contributed by atoms with van der Waals surface area (Å²) >= 11 is 1.99. The summed E-state index contributed by atoms with van der Waals surface area (Å²) in [6.45, 7) is 0.674. The highest BCUT2D eigenvalue weighted by molar-refractivity contribution is 7.99. The van der Waals surface area contributed by atoms with E-state index in [0.29, 0.717) is 18.3 Å². The summed E-state index contributed by atoms with van der Waals surface area (Å²) < 4.78 is 18.5. The molecule has 1 aromatic carbocycles. The van der Waals surface area contributed by atoms with Crippen molar-refractivity contribution in [1.29, 1.82) is 0 Å². The highest BCUT2D eigenvalue weighted by atomic mass is 32.2. The number of nitrogens with zero attached hydrogens (tertiary/aromatic N) is 1. The smallest absolute Gasteiger partial charge is 0.151 e. The van der Waals surface area contributed by atoms with Crippen LogP contribution in [0.15, 0.2) is 34.9 Å². The molecule has 106 valence electrons. The Balaban J connectivity index is 1.61. The quantitative estimate of drug-likeness (QED) is 0.936. The molecule has 1 aromatic heterocycles. The van der Waals surface area contributed by atoms with Crippen molar-refractivity contribution in [1.82, 2.24) is 10.5 Å². The maximum atomic E-state index is 13.2. The van der Waals surface area contributed by atoms with Crippen LogP contribution in [0.5, 0.6) is 0 Å². The second-order valence-electron chi connectivity index (χ2n) is 4.98. The van der Waals surface area contributed by atoms with E-state index in [-0.39, 0.29) is 5.82 Å². The number of benzene rings is 1. The number of rotatable bonds is 4. The Morgan fingerprint density at radius 2 is 2.35 bits per heavy atom. The van der Waals surface area contributed by atoms with E-state index in [1.165, 1.54) is 30.7 Å². The van der Waals surface area contributed by atoms with Crippen molar-refractivity contribution in [3.8, 4) is 11.3 Å². The minimum absolute atomic E-state index is 0.260. The molecule has 0 saturated carbocycles. The normalized spacial score (nSPS) is 19.1. The van der Waals surface area contributed by atoms with Gasteiger partial charge >= 0.3 is 0 Å². The molecular weight excluding hydrogens is 275 g/mol. The van der Waals surface area contributed by atoms with Crippen LogP contribution in [0.25, 0.3) is 11.3 Å². The highest BCUT2D eigenvalue weighted by Gasteiger charge is 2.14. The minimum Gasteiger partial charge on any atom is -0.359 e. The molecule has 1 aliphatic rings. The van der Waals surface area contributed by atoms with E-state index in [1.807, 2.05) is 23.9 Å². The minimum atomic E-state index is -0.260. The maximum Gasteiger partial charge on any atom is 0.151 e. The number of hydrogen-bond donors (Lipinski definition) is 1. The van der Waals surface area contributed by atoms with Gasteiger partial charge in [0.25, 0.3) is 0 Å². The van der Waals surface area contributed by atoms with Gasteiger partial charge in [-0.25, -0.2) is 4.39 Å². The molecule has 0 bridgehead atoms. The molecule has 0 unspecified atom stereocenters. The second kappa shape index (κ2) is 6.41. The summed E-state index contributed by atoms with van der Waals surface area (Å²) in [6, 6.07) is 8.82. The van der Waals surface area contributed by atoms with Crippen molar-refractivity contribution in [2.45, 2.75) is 25.4 Å². The lowest BCUT2D eigenvalue weighted by Gasteiger charge is -2.21. The molecule has 2 aromatic rings. The Labute approximate surface area is 121 Å². The van der Waals surface area contributed by atoms with Crippen LogP contribution in [-0.4, -0.2) is 22.7 Å². The molecule has 1 N–H and O–H groups in total. The fraction of sp³-hybridized carbons (Fsp3) is 0.400. The lowest BCUT2D eigenvalue weighted by atomic mass is 10.1. The second-order valence-corrected chi connectivity index (χ2v) is 6.13. The lowest BCUT2D eigenvalue weighted by Crippen LogP contribution is -2.33. The molecule has 0 spiro atoms. The van der Waals surface area contributed by atoms with Gasteiger partial charge in [0.2, 0.25) is 0 Å². The molecule has 1 fully saturated rings. The molecule has 3 nitrogen and oxygen atoms in total. The van der Waals surface area contributed by atoms with Crippen molar-refractivity contribution in [2.75, 3.05) is 11.5 Å². The van der Waals surface area contributed by atoms with Gasteiger partial charge in [0.1, 0.15) is 11.5 Å². The third-order valence-corrected chi connectivity index (χ3v) is 4.62. The molecule has 0 aliphatic carbocycles. The Kier molecular flexibility index (Phi) is 4.38. The van der Waals surface area contributed by atoms with Crippen LogP contribution in [-0.2, 0) is 6.54 Å². The summed E-state index contributed by atoms with van der Waals surface area (Å²) in [5, 5.41) is 7.49. The van der Waals surface area contributed by atoms with Gasteiger partial charge in [-0.3, -0.25) is 0 Å². The predicted octanol–water partition coefficient (Wildman–Crippen LogP) is 3.47. The Hall–Kier alpha value is -1.33. The first-order valence-electron chi connectivity index (χ1n) is 6.84. The van der Waals surface area contributed by atoms with Gasteiger partial charge in [-0.15, -0.1) is 0 Å². The SMILES string of the molecule is Fc1cccc(-c2cc(CN[C@H]3CCCSC3)on2)c1. The van der Waals surface area contributed by atoms with Crippen LogP contribution in [0.3, 0.4) is 0 Å². The van der Waals surface area contributed by atoms with Crippen LogP contribution in [0.1, 0.15) is 18.6 Å². The third-order valence-electron chi connectivity index (χ3n) is 3.40. The molecule has 0 amide bonds. The Morgan fingerprint density at radius 1 is 1.40 bits per heavy atom. The van der Waals surface area contributed by atoms with Crippen molar-refractivity contribution in [3.63, 3.8) is 0 Å². The standard InChI is InChI=1S/C15H17FN2OS/c16-12-4-1-3-11(7-12)15-8-14(19-18-15)9-17-13-5-2-6-20-10-13/h1,3-4,7-8,13,17H,2,5-6,9-10H2/t13-/m0/s1. The molecule has 2 heterocycles. The fourth-order valence-corrected chi connectivity index (χ4v) is 3.43. The summed E-state index contributed by atoms with van der Waals surface area (Å²) in [4.78, 5) is 0. The van der Waals surface area contributed by atoms with Crippen molar-refractivity contribution < 1.29 is 8.91 Å². The summed E-state index contributed by atoms with van der Waals surface area (Å²) in [5.41, 5.74) is 1.42. The van der Waals surface area contributed by atoms with E-state index in [4.69, 9.17) is 4.52 Å². The largest absolute Gasteiger partial charge is 0.359 e. The molecule has 0 radical (unpaired) electrons. The zero-order valence-corrected chi connectivity index (χ0v) is 12.0. The fourth-order valence-electron chi connectivity index (χ4n) is 2.33. The number of thioether (sulfide) groups is 1. The van der Waals surface area contributed by atoms with E-state index in [9.17, 15) is 4.39 Å². The zero-order chi connectivity index (χ0) is 13.8. The van der Waals surface area contributed by atoms with E-state index in [0.717, 1.165) is 17.1 Å². The monoisotopic (exact) mass is 292 g/mol. The van der Waals surface area contributed by atoms with Gasteiger partial charge in [-0.2, -0.15) is 11.8 Å². The molecule has 1 atom stereocenters. The van der Waals surface area contributed by atoms with Crippen molar-refractivity contribution >= 4 is 11.8 Å². The number of aromatic nitrogens is 1. The average molecular weight is 292 g/mol. The van der Waals surface area contributed by atoms with Gasteiger partial charge in [0.05, 0.1) is 6.54 Å². The molecular formula is C15H17FN2OS. The van der Waals surface area contributed by atoms with Crippen molar-refractivity contribution in [2.24, 2.45) is 0 Å². The highest BCUT2D eigenvalue weighted by Crippen LogP contribution is 2.21. The Morgan fingerprint density at radius 3 is 3.15 bits per heavy atom. The molecule has 1 aliphatic heterocycles. The van der Waals surface area contributed by atoms with Gasteiger partial charge in [-0.1, -0.05) is 17.3 Å². The number of halogens is 1. The molecule has 20 heavy (non-hydrogen) atoms. The summed E-state index contributed by atoms with van der Waals surface area (Å²) in [5.74, 6) is 2.96. The van der Waals surface area contributed by atoms with Crippen LogP contribution in [0.2, 0.25) is 0 Å². The van der Waals surface area contributed by atoms with E-state index in [1.54, 1.807) is 6.07 Å². The first-order chi connectivity index (χ1) is 9.81. The molecule has 5 heteroatoms. The van der Waals surface area contributed by atoms with Crippen LogP contribution in [0, 0.1) is 5.82 Å². The van der Waals surface area contributed by atoms with Crippen LogP contribution < -0.4 is 5.32 Å². The van der Waals surface area contributed by atoms with E-state index in [2.05, 4.69) is 10.5 Å². The topological polar surface area (TPSA) is 38.1 Å². The van der Waals surface area contributed by atoms with E-state index < -0.39 is 0 Å². The number of nitrogens with one attached hydrogen (secondary N) is 1. The lowest BCUT2D eigenvalue weighted by molar-refractivity contribution is 0.363. The van der Waals surface area contributed by atoms with Crippen LogP contribution in [0.4, 0.5) is 4.39 Å². The maximum absolute atomic E-state index is 13.2. The average Bonchev–Trinajstić information content (AvgIpc) is 2.95. The van der Waals surface area contributed by atoms with Crippen molar-refractivity contribution in [3.05, 3.63) is 41.9 Å². The van der Waals surface area contributed by atoms with Gasteiger partial charge < -0.3 is 9.84 Å². The van der Waals surface area contributed by atoms with Gasteiger partial charge in [-0.05, 0) is 30.7 Å². The first-order valence-corrected chi connectivity index (χ1v) is 7.99. The van der Waals surface area contributed by atoms with E-state index >= 15 is 0 Å². The van der Waals surface area contributed by atoms with Crippen LogP contribution >= 0.6 is 11.8 Å². The first kappa shape index (κ1) is 13.6. The summed E-state index contributed by atoms with van der Waals surface area (Å²) in [6.07, 6.45) is 2.49. The number of hydrogen-bond acceptors (Lipinski definition) is 4. The predicted molar refractivity (Wildman–Crippen MR) is 79.1 cm³/mol. The molecule has 3 rings (SSSR count). The van der Waals surface area contributed by atoms with Gasteiger partial charge in [0, 0.05) is 23.4 Å².